The minimum absolute atomic E-state index is 0.0270. The Morgan fingerprint density at radius 1 is 1.33 bits per heavy atom. The van der Waals surface area contributed by atoms with Crippen LogP contribution in [0, 0.1) is 19.8 Å². The standard InChI is InChI=1S/C15H26N2O3S/c1-10(2)8-15(5,18)9-17-21(19,20)14-7-11(3)6-13(16)12(14)4/h6-7,10,17-18H,8-9,16H2,1-5H3. The van der Waals surface area contributed by atoms with E-state index in [9.17, 15) is 13.5 Å². The highest BCUT2D eigenvalue weighted by molar-refractivity contribution is 7.89. The number of nitrogen functional groups attached to an aromatic ring is 1. The van der Waals surface area contributed by atoms with Crippen molar-refractivity contribution in [2.75, 3.05) is 12.3 Å². The van der Waals surface area contributed by atoms with Crippen molar-refractivity contribution in [2.45, 2.75) is 51.5 Å². The monoisotopic (exact) mass is 314 g/mol. The third-order valence-corrected chi connectivity index (χ3v) is 4.85. The maximum Gasteiger partial charge on any atom is 0.241 e. The summed E-state index contributed by atoms with van der Waals surface area (Å²) in [6.07, 6.45) is 0.518. The fraction of sp³-hybridized carbons (Fsp3) is 0.600. The Kier molecular flexibility index (Phi) is 5.41. The highest BCUT2D eigenvalue weighted by Gasteiger charge is 2.26. The van der Waals surface area contributed by atoms with E-state index >= 15 is 0 Å². The minimum atomic E-state index is -3.69. The third-order valence-electron chi connectivity index (χ3n) is 3.33. The van der Waals surface area contributed by atoms with Gasteiger partial charge in [0, 0.05) is 12.2 Å². The third kappa shape index (κ3) is 4.98. The second-order valence-corrected chi connectivity index (χ2v) is 8.13. The summed E-state index contributed by atoms with van der Waals surface area (Å²) in [6.45, 7) is 9.04. The van der Waals surface area contributed by atoms with Gasteiger partial charge in [0.2, 0.25) is 10.0 Å². The van der Waals surface area contributed by atoms with Gasteiger partial charge in [0.05, 0.1) is 10.5 Å². The van der Waals surface area contributed by atoms with Gasteiger partial charge in [-0.15, -0.1) is 0 Å². The summed E-state index contributed by atoms with van der Waals surface area (Å²) in [5, 5.41) is 10.2. The number of benzene rings is 1. The van der Waals surface area contributed by atoms with E-state index in [0.717, 1.165) is 5.56 Å². The second-order valence-electron chi connectivity index (χ2n) is 6.40. The molecule has 4 N–H and O–H groups in total. The molecule has 1 atom stereocenters. The molecule has 6 heteroatoms. The molecule has 1 aromatic carbocycles. The van der Waals surface area contributed by atoms with Crippen LogP contribution in [-0.2, 0) is 10.0 Å². The van der Waals surface area contributed by atoms with Gasteiger partial charge in [-0.2, -0.15) is 0 Å². The molecule has 0 aliphatic rings. The van der Waals surface area contributed by atoms with E-state index in [0.29, 0.717) is 17.7 Å². The van der Waals surface area contributed by atoms with Gasteiger partial charge in [-0.25, -0.2) is 13.1 Å². The number of rotatable bonds is 6. The van der Waals surface area contributed by atoms with E-state index in [4.69, 9.17) is 5.73 Å². The number of hydrogen-bond donors (Lipinski definition) is 3. The molecule has 120 valence electrons. The summed E-state index contributed by atoms with van der Waals surface area (Å²) in [6, 6.07) is 3.33. The number of sulfonamides is 1. The van der Waals surface area contributed by atoms with Crippen LogP contribution < -0.4 is 10.5 Å². The van der Waals surface area contributed by atoms with Gasteiger partial charge < -0.3 is 10.8 Å². The number of nitrogens with one attached hydrogen (secondary N) is 1. The van der Waals surface area contributed by atoms with Crippen LogP contribution in [0.25, 0.3) is 0 Å². The Bertz CT molecular complexity index is 608. The Labute approximate surface area is 127 Å². The summed E-state index contributed by atoms with van der Waals surface area (Å²) in [4.78, 5) is 0.167. The van der Waals surface area contributed by atoms with E-state index in [1.54, 1.807) is 32.9 Å². The summed E-state index contributed by atoms with van der Waals surface area (Å²) in [5.41, 5.74) is 6.50. The molecule has 0 amide bonds. The summed E-state index contributed by atoms with van der Waals surface area (Å²) in [5.74, 6) is 0.279. The predicted octanol–water partition coefficient (Wildman–Crippen LogP) is 1.96. The molecule has 21 heavy (non-hydrogen) atoms. The lowest BCUT2D eigenvalue weighted by Crippen LogP contribution is -2.41. The van der Waals surface area contributed by atoms with Crippen LogP contribution in [0.5, 0.6) is 0 Å². The first-order valence-corrected chi connectivity index (χ1v) is 8.52. The van der Waals surface area contributed by atoms with Crippen molar-refractivity contribution in [1.82, 2.24) is 4.72 Å². The topological polar surface area (TPSA) is 92.4 Å². The number of nitrogens with two attached hydrogens (primary N) is 1. The van der Waals surface area contributed by atoms with Gasteiger partial charge in [0.15, 0.2) is 0 Å². The van der Waals surface area contributed by atoms with Crippen molar-refractivity contribution in [2.24, 2.45) is 5.92 Å². The van der Waals surface area contributed by atoms with Crippen LogP contribution in [-0.4, -0.2) is 25.7 Å². The SMILES string of the molecule is Cc1cc(N)c(C)c(S(=O)(=O)NCC(C)(O)CC(C)C)c1. The van der Waals surface area contributed by atoms with Gasteiger partial charge in [-0.3, -0.25) is 0 Å². The van der Waals surface area contributed by atoms with Crippen LogP contribution in [0.4, 0.5) is 5.69 Å². The van der Waals surface area contributed by atoms with Crippen LogP contribution in [0.3, 0.4) is 0 Å². The van der Waals surface area contributed by atoms with Crippen molar-refractivity contribution >= 4 is 15.7 Å². The molecule has 1 rings (SSSR count). The Morgan fingerprint density at radius 3 is 2.43 bits per heavy atom. The molecule has 0 heterocycles. The molecular weight excluding hydrogens is 288 g/mol. The average molecular weight is 314 g/mol. The molecule has 0 bridgehead atoms. The Hall–Kier alpha value is -1.11. The molecule has 0 fully saturated rings. The van der Waals surface area contributed by atoms with Crippen LogP contribution >= 0.6 is 0 Å². The van der Waals surface area contributed by atoms with Crippen LogP contribution in [0.1, 0.15) is 38.3 Å². The van der Waals surface area contributed by atoms with Crippen molar-refractivity contribution in [3.8, 4) is 0 Å². The van der Waals surface area contributed by atoms with Crippen molar-refractivity contribution < 1.29 is 13.5 Å². The van der Waals surface area contributed by atoms with E-state index in [-0.39, 0.29) is 17.4 Å². The summed E-state index contributed by atoms with van der Waals surface area (Å²) < 4.78 is 27.3. The first-order chi connectivity index (χ1) is 9.44. The normalized spacial score (nSPS) is 15.2. The lowest BCUT2D eigenvalue weighted by molar-refractivity contribution is 0.0437. The van der Waals surface area contributed by atoms with Crippen molar-refractivity contribution in [3.63, 3.8) is 0 Å². The lowest BCUT2D eigenvalue weighted by Gasteiger charge is -2.25. The number of anilines is 1. The molecule has 1 unspecified atom stereocenters. The zero-order valence-corrected chi connectivity index (χ0v) is 14.2. The molecule has 0 saturated heterocycles. The van der Waals surface area contributed by atoms with E-state index < -0.39 is 15.6 Å². The van der Waals surface area contributed by atoms with Crippen molar-refractivity contribution in [3.05, 3.63) is 23.3 Å². The fourth-order valence-corrected chi connectivity index (χ4v) is 3.93. The second kappa shape index (κ2) is 6.34. The molecule has 0 saturated carbocycles. The van der Waals surface area contributed by atoms with Gasteiger partial charge in [0.1, 0.15) is 0 Å². The maximum atomic E-state index is 12.4. The zero-order chi connectivity index (χ0) is 16.4. The maximum absolute atomic E-state index is 12.4. The van der Waals surface area contributed by atoms with Gasteiger partial charge in [-0.05, 0) is 56.4 Å². The first kappa shape index (κ1) is 17.9. The smallest absolute Gasteiger partial charge is 0.241 e. The summed E-state index contributed by atoms with van der Waals surface area (Å²) >= 11 is 0. The quantitative estimate of drug-likeness (QED) is 0.700. The largest absolute Gasteiger partial charge is 0.398 e. The molecule has 0 spiro atoms. The first-order valence-electron chi connectivity index (χ1n) is 7.03. The number of aliphatic hydroxyl groups is 1. The van der Waals surface area contributed by atoms with E-state index in [1.807, 2.05) is 13.8 Å². The predicted molar refractivity (Wildman–Crippen MR) is 85.6 cm³/mol. The van der Waals surface area contributed by atoms with Gasteiger partial charge in [-0.1, -0.05) is 13.8 Å². The average Bonchev–Trinajstić information content (AvgIpc) is 2.30. The zero-order valence-electron chi connectivity index (χ0n) is 13.4. The molecule has 0 aliphatic heterocycles. The molecule has 5 nitrogen and oxygen atoms in total. The van der Waals surface area contributed by atoms with Crippen LogP contribution in [0.15, 0.2) is 17.0 Å². The molecule has 0 aromatic heterocycles. The highest BCUT2D eigenvalue weighted by Crippen LogP contribution is 2.23. The van der Waals surface area contributed by atoms with E-state index in [2.05, 4.69) is 4.72 Å². The minimum Gasteiger partial charge on any atom is -0.398 e. The van der Waals surface area contributed by atoms with E-state index in [1.165, 1.54) is 0 Å². The lowest BCUT2D eigenvalue weighted by atomic mass is 9.95. The number of aryl methyl sites for hydroxylation is 1. The van der Waals surface area contributed by atoms with Crippen molar-refractivity contribution in [1.29, 1.82) is 0 Å². The molecule has 0 aliphatic carbocycles. The number of hydrogen-bond acceptors (Lipinski definition) is 4. The Morgan fingerprint density at radius 2 is 1.90 bits per heavy atom. The van der Waals surface area contributed by atoms with Gasteiger partial charge >= 0.3 is 0 Å². The molecular formula is C15H26N2O3S. The molecule has 0 radical (unpaired) electrons. The summed E-state index contributed by atoms with van der Waals surface area (Å²) in [7, 11) is -3.69. The van der Waals surface area contributed by atoms with Gasteiger partial charge in [0.25, 0.3) is 0 Å². The molecule has 1 aromatic rings. The van der Waals surface area contributed by atoms with Crippen LogP contribution in [0.2, 0.25) is 0 Å². The Balaban J connectivity index is 2.98. The highest BCUT2D eigenvalue weighted by atomic mass is 32.2. The fourth-order valence-electron chi connectivity index (χ4n) is 2.41.